The third kappa shape index (κ3) is 3.70. The van der Waals surface area contributed by atoms with E-state index in [0.717, 1.165) is 6.54 Å². The van der Waals surface area contributed by atoms with Gasteiger partial charge in [0.25, 0.3) is 11.7 Å². The topological polar surface area (TPSA) is 91.0 Å². The van der Waals surface area contributed by atoms with Gasteiger partial charge in [-0.1, -0.05) is 12.1 Å². The van der Waals surface area contributed by atoms with Crippen molar-refractivity contribution < 1.29 is 14.7 Å². The fourth-order valence-electron chi connectivity index (χ4n) is 4.08. The number of hydrogen-bond donors (Lipinski definition) is 1. The van der Waals surface area contributed by atoms with Crippen molar-refractivity contribution in [1.82, 2.24) is 24.2 Å². The molecule has 1 atom stereocenters. The number of aliphatic hydroxyl groups excluding tert-OH is 1. The molecule has 1 unspecified atom stereocenters. The van der Waals surface area contributed by atoms with E-state index in [4.69, 9.17) is 0 Å². The minimum absolute atomic E-state index is 0.0663. The Morgan fingerprint density at radius 2 is 2.00 bits per heavy atom. The lowest BCUT2D eigenvalue weighted by Gasteiger charge is -2.25. The number of amides is 1. The highest BCUT2D eigenvalue weighted by Gasteiger charge is 2.46. The normalized spacial score (nSPS) is 18.5. The smallest absolute Gasteiger partial charge is 0.295 e. The van der Waals surface area contributed by atoms with Gasteiger partial charge < -0.3 is 14.9 Å². The van der Waals surface area contributed by atoms with Crippen molar-refractivity contribution in [2.75, 3.05) is 27.2 Å². The molecule has 4 heterocycles. The van der Waals surface area contributed by atoms with Crippen LogP contribution in [0.2, 0.25) is 0 Å². The molecule has 1 aliphatic rings. The molecule has 160 valence electrons. The molecular formula is C23H25N5O3. The van der Waals surface area contributed by atoms with E-state index in [-0.39, 0.29) is 11.3 Å². The number of pyridine rings is 2. The molecule has 31 heavy (non-hydrogen) atoms. The third-order valence-electron chi connectivity index (χ3n) is 5.47. The molecule has 3 aromatic rings. The summed E-state index contributed by atoms with van der Waals surface area (Å²) in [6.07, 6.45) is 5.74. The second kappa shape index (κ2) is 8.31. The van der Waals surface area contributed by atoms with Crippen molar-refractivity contribution >= 4 is 23.1 Å². The van der Waals surface area contributed by atoms with E-state index in [1.54, 1.807) is 36.0 Å². The number of ketones is 1. The Morgan fingerprint density at radius 1 is 1.19 bits per heavy atom. The minimum Gasteiger partial charge on any atom is -0.505 e. The van der Waals surface area contributed by atoms with Crippen LogP contribution in [0.4, 0.5) is 0 Å². The standard InChI is InChI=1S/C23H25N5O3/c1-15-19(27-12-5-4-9-17(27)25-15)21(29)18-20(16-8-6-10-24-14-16)28(23(31)22(18)30)13-7-11-26(2)3/h4-6,8-10,12,14,20,29H,7,11,13H2,1-3H3/b21-18+. The molecule has 0 aliphatic carbocycles. The Labute approximate surface area is 180 Å². The summed E-state index contributed by atoms with van der Waals surface area (Å²) >= 11 is 0. The highest BCUT2D eigenvalue weighted by atomic mass is 16.3. The van der Waals surface area contributed by atoms with Gasteiger partial charge >= 0.3 is 0 Å². The Balaban J connectivity index is 1.86. The molecule has 8 heteroatoms. The number of carbonyl (C=O) groups excluding carboxylic acids is 2. The highest BCUT2D eigenvalue weighted by Crippen LogP contribution is 2.39. The predicted octanol–water partition coefficient (Wildman–Crippen LogP) is 2.41. The molecule has 0 radical (unpaired) electrons. The van der Waals surface area contributed by atoms with E-state index < -0.39 is 17.7 Å². The zero-order valence-electron chi connectivity index (χ0n) is 17.8. The van der Waals surface area contributed by atoms with Crippen LogP contribution in [-0.4, -0.2) is 68.2 Å². The van der Waals surface area contributed by atoms with Crippen molar-refractivity contribution in [2.24, 2.45) is 0 Å². The van der Waals surface area contributed by atoms with Crippen molar-refractivity contribution in [3.63, 3.8) is 0 Å². The van der Waals surface area contributed by atoms with Crippen LogP contribution in [-0.2, 0) is 9.59 Å². The van der Waals surface area contributed by atoms with Gasteiger partial charge in [0.2, 0.25) is 0 Å². The summed E-state index contributed by atoms with van der Waals surface area (Å²) in [7, 11) is 3.92. The zero-order chi connectivity index (χ0) is 22.1. The van der Waals surface area contributed by atoms with Gasteiger partial charge in [0.1, 0.15) is 11.3 Å². The van der Waals surface area contributed by atoms with Gasteiger partial charge in [0, 0.05) is 25.1 Å². The van der Waals surface area contributed by atoms with E-state index in [1.165, 1.54) is 4.90 Å². The van der Waals surface area contributed by atoms with E-state index in [1.807, 2.05) is 43.3 Å². The van der Waals surface area contributed by atoms with E-state index in [2.05, 4.69) is 9.97 Å². The van der Waals surface area contributed by atoms with Crippen molar-refractivity contribution in [3.8, 4) is 0 Å². The molecule has 4 rings (SSSR count). The highest BCUT2D eigenvalue weighted by molar-refractivity contribution is 6.46. The number of aryl methyl sites for hydroxylation is 1. The zero-order valence-corrected chi connectivity index (χ0v) is 17.8. The number of Topliss-reactive ketones (excluding diaryl/α,β-unsaturated/α-hetero) is 1. The van der Waals surface area contributed by atoms with Gasteiger partial charge in [0.05, 0.1) is 17.3 Å². The molecule has 1 aliphatic heterocycles. The summed E-state index contributed by atoms with van der Waals surface area (Å²) in [6.45, 7) is 2.94. The molecule has 8 nitrogen and oxygen atoms in total. The van der Waals surface area contributed by atoms with Crippen LogP contribution in [0.1, 0.15) is 29.4 Å². The molecule has 1 N–H and O–H groups in total. The van der Waals surface area contributed by atoms with Gasteiger partial charge in [-0.3, -0.25) is 19.0 Å². The molecular weight excluding hydrogens is 394 g/mol. The maximum absolute atomic E-state index is 13.1. The van der Waals surface area contributed by atoms with Crippen LogP contribution in [0, 0.1) is 6.92 Å². The first kappa shape index (κ1) is 20.7. The van der Waals surface area contributed by atoms with E-state index in [9.17, 15) is 14.7 Å². The third-order valence-corrected chi connectivity index (χ3v) is 5.47. The lowest BCUT2D eigenvalue weighted by Crippen LogP contribution is -2.32. The first-order valence-corrected chi connectivity index (χ1v) is 10.2. The van der Waals surface area contributed by atoms with Crippen molar-refractivity contribution in [2.45, 2.75) is 19.4 Å². The first-order chi connectivity index (χ1) is 14.9. The summed E-state index contributed by atoms with van der Waals surface area (Å²) in [4.78, 5) is 38.3. The number of hydrogen-bond acceptors (Lipinski definition) is 6. The lowest BCUT2D eigenvalue weighted by atomic mass is 9.97. The van der Waals surface area contributed by atoms with E-state index in [0.29, 0.717) is 35.6 Å². The van der Waals surface area contributed by atoms with Crippen LogP contribution in [0.3, 0.4) is 0 Å². The average Bonchev–Trinajstić information content (AvgIpc) is 3.22. The van der Waals surface area contributed by atoms with Crippen LogP contribution in [0.5, 0.6) is 0 Å². The minimum atomic E-state index is -0.704. The number of fused-ring (bicyclic) bond motifs is 1. The number of aliphatic hydroxyl groups is 1. The molecule has 1 fully saturated rings. The van der Waals surface area contributed by atoms with Crippen LogP contribution in [0.25, 0.3) is 11.4 Å². The molecule has 0 spiro atoms. The second-order valence-corrected chi connectivity index (χ2v) is 7.91. The Hall–Kier alpha value is -3.52. The fourth-order valence-corrected chi connectivity index (χ4v) is 4.08. The summed E-state index contributed by atoms with van der Waals surface area (Å²) in [5.41, 5.74) is 2.39. The van der Waals surface area contributed by atoms with Crippen molar-refractivity contribution in [3.05, 3.63) is 71.4 Å². The number of carbonyl (C=O) groups is 2. The van der Waals surface area contributed by atoms with Gasteiger partial charge in [-0.15, -0.1) is 0 Å². The Morgan fingerprint density at radius 3 is 2.71 bits per heavy atom. The summed E-state index contributed by atoms with van der Waals surface area (Å²) < 4.78 is 1.73. The number of rotatable bonds is 6. The maximum Gasteiger partial charge on any atom is 0.295 e. The monoisotopic (exact) mass is 419 g/mol. The average molecular weight is 419 g/mol. The second-order valence-electron chi connectivity index (χ2n) is 7.91. The molecule has 1 amide bonds. The molecule has 0 aromatic carbocycles. The first-order valence-electron chi connectivity index (χ1n) is 10.2. The van der Waals surface area contributed by atoms with Crippen LogP contribution < -0.4 is 0 Å². The van der Waals surface area contributed by atoms with Crippen LogP contribution in [0.15, 0.2) is 54.5 Å². The van der Waals surface area contributed by atoms with Crippen LogP contribution >= 0.6 is 0 Å². The van der Waals surface area contributed by atoms with Gasteiger partial charge in [-0.25, -0.2) is 4.98 Å². The summed E-state index contributed by atoms with van der Waals surface area (Å²) in [5, 5.41) is 11.3. The largest absolute Gasteiger partial charge is 0.505 e. The van der Waals surface area contributed by atoms with Gasteiger partial charge in [-0.2, -0.15) is 0 Å². The fraction of sp³-hybridized carbons (Fsp3) is 0.304. The summed E-state index contributed by atoms with van der Waals surface area (Å²) in [6, 6.07) is 8.37. The quantitative estimate of drug-likeness (QED) is 0.375. The molecule has 3 aromatic heterocycles. The molecule has 0 bridgehead atoms. The number of nitrogens with zero attached hydrogens (tertiary/aromatic N) is 5. The van der Waals surface area contributed by atoms with Crippen molar-refractivity contribution in [1.29, 1.82) is 0 Å². The SMILES string of the molecule is Cc1nc2ccccn2c1/C(O)=C1\C(=O)C(=O)N(CCCN(C)C)C1c1cccnc1. The maximum atomic E-state index is 13.1. The number of imidazole rings is 1. The Kier molecular flexibility index (Phi) is 5.56. The summed E-state index contributed by atoms with van der Waals surface area (Å²) in [5.74, 6) is -1.53. The van der Waals surface area contributed by atoms with Gasteiger partial charge in [-0.05, 0) is 57.7 Å². The molecule has 0 saturated carbocycles. The number of aromatic nitrogens is 3. The predicted molar refractivity (Wildman–Crippen MR) is 116 cm³/mol. The lowest BCUT2D eigenvalue weighted by molar-refractivity contribution is -0.139. The van der Waals surface area contributed by atoms with Gasteiger partial charge in [0.15, 0.2) is 5.76 Å². The number of likely N-dealkylation sites (tertiary alicyclic amines) is 1. The molecule has 1 saturated heterocycles. The van der Waals surface area contributed by atoms with E-state index >= 15 is 0 Å². The Bertz CT molecular complexity index is 1170.